The van der Waals surface area contributed by atoms with Gasteiger partial charge in [0.25, 0.3) is 0 Å². The summed E-state index contributed by atoms with van der Waals surface area (Å²) in [5.74, 6) is 0. The van der Waals surface area contributed by atoms with Crippen LogP contribution in [0.5, 0.6) is 0 Å². The molecule has 0 spiro atoms. The summed E-state index contributed by atoms with van der Waals surface area (Å²) in [5.41, 5.74) is 0.479. The average molecular weight is 180 g/mol. The maximum Gasteiger partial charge on any atom is 0.107 e. The fraction of sp³-hybridized carbons (Fsp3) is 0.400. The fourth-order valence-electron chi connectivity index (χ4n) is 0.739. The quantitative estimate of drug-likeness (QED) is 0.726. The van der Waals surface area contributed by atoms with Crippen molar-refractivity contribution in [2.75, 3.05) is 13.1 Å². The van der Waals surface area contributed by atoms with Gasteiger partial charge < -0.3 is 5.32 Å². The molecule has 0 unspecified atom stereocenters. The summed E-state index contributed by atoms with van der Waals surface area (Å²) in [5, 5.41) is 5.83. The van der Waals surface area contributed by atoms with Crippen molar-refractivity contribution in [1.82, 2.24) is 5.32 Å². The molecule has 0 aliphatic rings. The highest BCUT2D eigenvalue weighted by atomic mass is 16.3. The van der Waals surface area contributed by atoms with Crippen molar-refractivity contribution in [2.45, 2.75) is 13.8 Å². The van der Waals surface area contributed by atoms with E-state index in [4.69, 9.17) is 0 Å². The molecule has 3 heteroatoms. The molecule has 13 heavy (non-hydrogen) atoms. The molecule has 0 amide bonds. The topological polar surface area (TPSA) is 41.5 Å². The summed E-state index contributed by atoms with van der Waals surface area (Å²) in [4.78, 5) is 9.76. The molecule has 0 aliphatic carbocycles. The number of benzene rings is 1. The molecule has 0 radical (unpaired) electrons. The van der Waals surface area contributed by atoms with Crippen LogP contribution < -0.4 is 5.32 Å². The second kappa shape index (κ2) is 8.87. The van der Waals surface area contributed by atoms with E-state index in [0.29, 0.717) is 5.69 Å². The Bertz CT molecular complexity index is 209. The van der Waals surface area contributed by atoms with Gasteiger partial charge in [0.15, 0.2) is 0 Å². The van der Waals surface area contributed by atoms with E-state index in [0.717, 1.165) is 13.1 Å². The zero-order valence-corrected chi connectivity index (χ0v) is 8.16. The molecule has 0 fully saturated rings. The Balaban J connectivity index is 0.000000252. The van der Waals surface area contributed by atoms with E-state index in [2.05, 4.69) is 24.3 Å². The predicted molar refractivity (Wildman–Crippen MR) is 56.1 cm³/mol. The lowest BCUT2D eigenvalue weighted by atomic mass is 10.3. The lowest BCUT2D eigenvalue weighted by Crippen LogP contribution is -2.09. The summed E-state index contributed by atoms with van der Waals surface area (Å²) in [6, 6.07) is 8.71. The van der Waals surface area contributed by atoms with Gasteiger partial charge in [0, 0.05) is 0 Å². The molecule has 1 N–H and O–H groups in total. The van der Waals surface area contributed by atoms with E-state index >= 15 is 0 Å². The number of hydrogen-bond donors (Lipinski definition) is 1. The SMILES string of the molecule is CCNCC.O=Nc1ccccc1. The van der Waals surface area contributed by atoms with Crippen LogP contribution in [0.15, 0.2) is 35.5 Å². The summed E-state index contributed by atoms with van der Waals surface area (Å²) in [6.07, 6.45) is 0. The number of nitrogens with zero attached hydrogens (tertiary/aromatic N) is 1. The number of rotatable bonds is 3. The highest BCUT2D eigenvalue weighted by Crippen LogP contribution is 2.07. The second-order valence-corrected chi connectivity index (χ2v) is 2.38. The highest BCUT2D eigenvalue weighted by molar-refractivity contribution is 5.34. The zero-order valence-electron chi connectivity index (χ0n) is 8.16. The van der Waals surface area contributed by atoms with E-state index in [-0.39, 0.29) is 0 Å². The zero-order chi connectivity index (χ0) is 9.94. The van der Waals surface area contributed by atoms with Gasteiger partial charge in [-0.25, -0.2) is 0 Å². The van der Waals surface area contributed by atoms with Crippen molar-refractivity contribution in [3.8, 4) is 0 Å². The van der Waals surface area contributed by atoms with Gasteiger partial charge in [-0.1, -0.05) is 32.0 Å². The van der Waals surface area contributed by atoms with E-state index in [1.165, 1.54) is 0 Å². The lowest BCUT2D eigenvalue weighted by molar-refractivity contribution is 0.762. The molecule has 0 aliphatic heterocycles. The second-order valence-electron chi connectivity index (χ2n) is 2.38. The third-order valence-electron chi connectivity index (χ3n) is 1.36. The number of hydrogen-bond acceptors (Lipinski definition) is 3. The Hall–Kier alpha value is -1.22. The Kier molecular flexibility index (Phi) is 8.04. The summed E-state index contributed by atoms with van der Waals surface area (Å²) >= 11 is 0. The molecule has 0 heterocycles. The van der Waals surface area contributed by atoms with Crippen LogP contribution in [-0.2, 0) is 0 Å². The standard InChI is InChI=1S/C6H5NO.C4H11N/c8-7-6-4-2-1-3-5-6;1-3-5-4-2/h1-5H;5H,3-4H2,1-2H3. The summed E-state index contributed by atoms with van der Waals surface area (Å²) in [7, 11) is 0. The van der Waals surface area contributed by atoms with Crippen LogP contribution in [0, 0.1) is 4.91 Å². The van der Waals surface area contributed by atoms with Gasteiger partial charge in [-0.3, -0.25) is 0 Å². The van der Waals surface area contributed by atoms with Gasteiger partial charge in [0.2, 0.25) is 0 Å². The van der Waals surface area contributed by atoms with Gasteiger partial charge in [0.1, 0.15) is 5.69 Å². The van der Waals surface area contributed by atoms with Gasteiger partial charge in [0.05, 0.1) is 0 Å². The maximum absolute atomic E-state index is 9.76. The van der Waals surface area contributed by atoms with E-state index in [9.17, 15) is 4.91 Å². The van der Waals surface area contributed by atoms with Gasteiger partial charge >= 0.3 is 0 Å². The van der Waals surface area contributed by atoms with Crippen molar-refractivity contribution < 1.29 is 0 Å². The molecule has 1 rings (SSSR count). The molecule has 1 aromatic rings. The van der Waals surface area contributed by atoms with Crippen molar-refractivity contribution in [2.24, 2.45) is 5.18 Å². The van der Waals surface area contributed by atoms with E-state index in [1.54, 1.807) is 24.3 Å². The van der Waals surface area contributed by atoms with Gasteiger partial charge in [-0.05, 0) is 30.4 Å². The minimum absolute atomic E-state index is 0.479. The Morgan fingerprint density at radius 3 is 1.92 bits per heavy atom. The first kappa shape index (κ1) is 11.8. The maximum atomic E-state index is 9.76. The van der Waals surface area contributed by atoms with Crippen LogP contribution in [0.2, 0.25) is 0 Å². The van der Waals surface area contributed by atoms with E-state index in [1.807, 2.05) is 6.07 Å². The van der Waals surface area contributed by atoms with Crippen molar-refractivity contribution in [1.29, 1.82) is 0 Å². The van der Waals surface area contributed by atoms with Gasteiger partial charge in [-0.15, -0.1) is 4.91 Å². The molecule has 3 nitrogen and oxygen atoms in total. The van der Waals surface area contributed by atoms with Crippen LogP contribution in [0.3, 0.4) is 0 Å². The average Bonchev–Trinajstić information content (AvgIpc) is 2.21. The monoisotopic (exact) mass is 180 g/mol. The molecule has 0 aromatic heterocycles. The first-order valence-corrected chi connectivity index (χ1v) is 4.44. The minimum atomic E-state index is 0.479. The van der Waals surface area contributed by atoms with Crippen molar-refractivity contribution in [3.63, 3.8) is 0 Å². The normalized spacial score (nSPS) is 8.46. The lowest BCUT2D eigenvalue weighted by Gasteiger charge is -1.86. The third kappa shape index (κ3) is 7.15. The molecule has 0 atom stereocenters. The highest BCUT2D eigenvalue weighted by Gasteiger charge is 1.81. The van der Waals surface area contributed by atoms with Crippen molar-refractivity contribution >= 4 is 5.69 Å². The molecule has 0 bridgehead atoms. The smallest absolute Gasteiger partial charge is 0.107 e. The Morgan fingerprint density at radius 2 is 1.69 bits per heavy atom. The third-order valence-corrected chi connectivity index (χ3v) is 1.36. The molecule has 0 saturated heterocycles. The van der Waals surface area contributed by atoms with Gasteiger partial charge in [-0.2, -0.15) is 0 Å². The number of nitrogens with one attached hydrogen (secondary N) is 1. The molecule has 72 valence electrons. The Labute approximate surface area is 79.1 Å². The van der Waals surface area contributed by atoms with Crippen LogP contribution >= 0.6 is 0 Å². The minimum Gasteiger partial charge on any atom is -0.317 e. The summed E-state index contributed by atoms with van der Waals surface area (Å²) in [6.45, 7) is 6.39. The van der Waals surface area contributed by atoms with E-state index < -0.39 is 0 Å². The first-order chi connectivity index (χ1) is 6.35. The van der Waals surface area contributed by atoms with Crippen LogP contribution in [0.4, 0.5) is 5.69 Å². The van der Waals surface area contributed by atoms with Crippen LogP contribution in [-0.4, -0.2) is 13.1 Å². The first-order valence-electron chi connectivity index (χ1n) is 4.44. The summed E-state index contributed by atoms with van der Waals surface area (Å²) < 4.78 is 0. The molecular weight excluding hydrogens is 164 g/mol. The van der Waals surface area contributed by atoms with Crippen LogP contribution in [0.25, 0.3) is 0 Å². The number of nitroso groups, excluding NO2 is 1. The largest absolute Gasteiger partial charge is 0.317 e. The Morgan fingerprint density at radius 1 is 1.15 bits per heavy atom. The van der Waals surface area contributed by atoms with Crippen molar-refractivity contribution in [3.05, 3.63) is 35.2 Å². The van der Waals surface area contributed by atoms with Crippen LogP contribution in [0.1, 0.15) is 13.8 Å². The molecular formula is C10H16N2O. The molecule has 0 saturated carbocycles. The molecule has 1 aromatic carbocycles. The predicted octanol–water partition coefficient (Wildman–Crippen LogP) is 2.70. The fourth-order valence-corrected chi connectivity index (χ4v) is 0.739.